The van der Waals surface area contributed by atoms with E-state index >= 15 is 0 Å². The van der Waals surface area contributed by atoms with E-state index in [-0.39, 0.29) is 11.8 Å². The van der Waals surface area contributed by atoms with E-state index in [0.29, 0.717) is 11.7 Å². The van der Waals surface area contributed by atoms with Crippen LogP contribution in [0, 0.1) is 6.92 Å². The van der Waals surface area contributed by atoms with Crippen LogP contribution in [0.25, 0.3) is 11.4 Å². The number of benzene rings is 1. The molecule has 1 aliphatic rings. The first-order valence-electron chi connectivity index (χ1n) is 10.2. The molecule has 0 radical (unpaired) electrons. The summed E-state index contributed by atoms with van der Waals surface area (Å²) in [5, 5.41) is 8.64. The molecule has 4 heterocycles. The van der Waals surface area contributed by atoms with Crippen molar-refractivity contribution < 1.29 is 4.52 Å². The quantitative estimate of drug-likeness (QED) is 0.510. The Morgan fingerprint density at radius 2 is 1.87 bits per heavy atom. The Morgan fingerprint density at radius 1 is 1.03 bits per heavy atom. The molecule has 1 fully saturated rings. The second kappa shape index (κ2) is 7.84. The molecule has 7 nitrogen and oxygen atoms in total. The third kappa shape index (κ3) is 3.52. The molecule has 1 aromatic carbocycles. The zero-order valence-corrected chi connectivity index (χ0v) is 17.1. The van der Waals surface area contributed by atoms with Crippen LogP contribution in [0.1, 0.15) is 34.5 Å². The number of aromatic nitrogens is 5. The second-order valence-electron chi connectivity index (χ2n) is 7.89. The van der Waals surface area contributed by atoms with Gasteiger partial charge in [-0.25, -0.2) is 0 Å². The summed E-state index contributed by atoms with van der Waals surface area (Å²) in [4.78, 5) is 11.5. The number of aryl methyl sites for hydroxylation is 1. The van der Waals surface area contributed by atoms with Crippen molar-refractivity contribution in [2.75, 3.05) is 13.1 Å². The van der Waals surface area contributed by atoms with Crippen LogP contribution in [0.4, 0.5) is 0 Å². The minimum absolute atomic E-state index is 0.121. The Labute approximate surface area is 175 Å². The number of pyridine rings is 1. The molecule has 0 N–H and O–H groups in total. The van der Waals surface area contributed by atoms with E-state index in [2.05, 4.69) is 33.1 Å². The highest BCUT2D eigenvalue weighted by Gasteiger charge is 2.38. The lowest BCUT2D eigenvalue weighted by Gasteiger charge is -2.15. The van der Waals surface area contributed by atoms with Crippen molar-refractivity contribution in [2.24, 2.45) is 7.05 Å². The Kier molecular flexibility index (Phi) is 4.88. The van der Waals surface area contributed by atoms with E-state index in [1.54, 1.807) is 0 Å². The van der Waals surface area contributed by atoms with Crippen molar-refractivity contribution in [3.63, 3.8) is 0 Å². The highest BCUT2D eigenvalue weighted by Crippen LogP contribution is 2.40. The molecular formula is C23H24N6O. The fraction of sp³-hybridized carbons (Fsp3) is 0.304. The first-order valence-corrected chi connectivity index (χ1v) is 10.2. The molecular weight excluding hydrogens is 376 g/mol. The van der Waals surface area contributed by atoms with E-state index in [1.807, 2.05) is 66.7 Å². The van der Waals surface area contributed by atoms with Crippen molar-refractivity contribution in [1.82, 2.24) is 29.8 Å². The molecule has 0 amide bonds. The van der Waals surface area contributed by atoms with Crippen LogP contribution in [-0.4, -0.2) is 42.9 Å². The molecule has 0 spiro atoms. The topological polar surface area (TPSA) is 72.9 Å². The first-order chi connectivity index (χ1) is 14.7. The van der Waals surface area contributed by atoms with Gasteiger partial charge < -0.3 is 4.52 Å². The van der Waals surface area contributed by atoms with Crippen molar-refractivity contribution in [3.8, 4) is 11.4 Å². The summed E-state index contributed by atoms with van der Waals surface area (Å²) in [6.07, 6.45) is 5.72. The van der Waals surface area contributed by atoms with Gasteiger partial charge in [-0.3, -0.25) is 14.6 Å². The number of hydrogen-bond donors (Lipinski definition) is 0. The van der Waals surface area contributed by atoms with Crippen LogP contribution in [0.3, 0.4) is 0 Å². The maximum Gasteiger partial charge on any atom is 0.232 e. The van der Waals surface area contributed by atoms with Crippen LogP contribution < -0.4 is 0 Å². The Hall–Kier alpha value is -3.32. The van der Waals surface area contributed by atoms with Gasteiger partial charge in [0.2, 0.25) is 11.7 Å². The van der Waals surface area contributed by atoms with Crippen LogP contribution in [0.2, 0.25) is 0 Å². The SMILES string of the molecule is Cc1c(CN2C[C@@H](c3cccnc3)[C@H](c3nc(-c4ccccc4)no3)C2)cnn1C. The Morgan fingerprint density at radius 3 is 2.60 bits per heavy atom. The maximum absolute atomic E-state index is 5.76. The molecule has 3 aromatic heterocycles. The van der Waals surface area contributed by atoms with Crippen LogP contribution in [0.5, 0.6) is 0 Å². The fourth-order valence-corrected chi connectivity index (χ4v) is 4.23. The molecule has 0 unspecified atom stereocenters. The summed E-state index contributed by atoms with van der Waals surface area (Å²) < 4.78 is 7.68. The minimum atomic E-state index is 0.121. The predicted octanol–water partition coefficient (Wildman–Crippen LogP) is 3.56. The monoisotopic (exact) mass is 400 g/mol. The molecule has 30 heavy (non-hydrogen) atoms. The highest BCUT2D eigenvalue weighted by atomic mass is 16.5. The summed E-state index contributed by atoms with van der Waals surface area (Å²) in [5.41, 5.74) is 4.61. The van der Waals surface area contributed by atoms with Gasteiger partial charge in [-0.2, -0.15) is 10.1 Å². The molecule has 0 aliphatic carbocycles. The number of likely N-dealkylation sites (tertiary alicyclic amines) is 1. The first kappa shape index (κ1) is 18.7. The summed E-state index contributed by atoms with van der Waals surface area (Å²) >= 11 is 0. The lowest BCUT2D eigenvalue weighted by atomic mass is 9.90. The molecule has 1 aliphatic heterocycles. The van der Waals surface area contributed by atoms with Crippen molar-refractivity contribution >= 4 is 0 Å². The molecule has 7 heteroatoms. The van der Waals surface area contributed by atoms with Gasteiger partial charge in [0.15, 0.2) is 0 Å². The van der Waals surface area contributed by atoms with E-state index in [9.17, 15) is 0 Å². The summed E-state index contributed by atoms with van der Waals surface area (Å²) in [5.74, 6) is 1.70. The van der Waals surface area contributed by atoms with Gasteiger partial charge in [0.25, 0.3) is 0 Å². The van der Waals surface area contributed by atoms with Gasteiger partial charge in [0.1, 0.15) is 0 Å². The minimum Gasteiger partial charge on any atom is -0.339 e. The molecule has 152 valence electrons. The lowest BCUT2D eigenvalue weighted by molar-refractivity contribution is 0.308. The van der Waals surface area contributed by atoms with Gasteiger partial charge >= 0.3 is 0 Å². The normalized spacial score (nSPS) is 19.4. The summed E-state index contributed by atoms with van der Waals surface area (Å²) in [6, 6.07) is 14.1. The van der Waals surface area contributed by atoms with Gasteiger partial charge in [0, 0.05) is 61.8 Å². The largest absolute Gasteiger partial charge is 0.339 e. The van der Waals surface area contributed by atoms with Crippen molar-refractivity contribution in [1.29, 1.82) is 0 Å². The third-order valence-electron chi connectivity index (χ3n) is 6.03. The molecule has 0 bridgehead atoms. The van der Waals surface area contributed by atoms with Gasteiger partial charge in [0.05, 0.1) is 12.1 Å². The second-order valence-corrected chi connectivity index (χ2v) is 7.89. The lowest BCUT2D eigenvalue weighted by Crippen LogP contribution is -2.20. The molecule has 1 saturated heterocycles. The van der Waals surface area contributed by atoms with E-state index in [0.717, 1.165) is 25.2 Å². The van der Waals surface area contributed by atoms with Gasteiger partial charge in [-0.05, 0) is 18.6 Å². The van der Waals surface area contributed by atoms with E-state index < -0.39 is 0 Å². The number of rotatable bonds is 5. The molecule has 2 atom stereocenters. The zero-order chi connectivity index (χ0) is 20.5. The Bertz CT molecular complexity index is 1120. The average molecular weight is 400 g/mol. The predicted molar refractivity (Wildman–Crippen MR) is 113 cm³/mol. The Balaban J connectivity index is 1.44. The summed E-state index contributed by atoms with van der Waals surface area (Å²) in [6.45, 7) is 4.73. The van der Waals surface area contributed by atoms with Crippen LogP contribution >= 0.6 is 0 Å². The summed E-state index contributed by atoms with van der Waals surface area (Å²) in [7, 11) is 1.98. The standard InChI is InChI=1S/C23H24N6O/c1-16-19(12-25-28(16)2)13-29-14-20(18-9-6-10-24-11-18)21(15-29)23-26-22(27-30-23)17-7-4-3-5-8-17/h3-12,20-21H,13-15H2,1-2H3/t20-,21+/m0/s1. The molecule has 4 aromatic rings. The van der Waals surface area contributed by atoms with Crippen molar-refractivity contribution in [2.45, 2.75) is 25.3 Å². The van der Waals surface area contributed by atoms with Gasteiger partial charge in [-0.1, -0.05) is 41.6 Å². The molecule has 5 rings (SSSR count). The fourth-order valence-electron chi connectivity index (χ4n) is 4.23. The number of nitrogens with zero attached hydrogens (tertiary/aromatic N) is 6. The average Bonchev–Trinajstić information content (AvgIpc) is 3.51. The van der Waals surface area contributed by atoms with E-state index in [4.69, 9.17) is 9.51 Å². The van der Waals surface area contributed by atoms with Crippen molar-refractivity contribution in [3.05, 3.63) is 83.8 Å². The number of hydrogen-bond acceptors (Lipinski definition) is 6. The van der Waals surface area contributed by atoms with Crippen LogP contribution in [-0.2, 0) is 13.6 Å². The van der Waals surface area contributed by atoms with E-state index in [1.165, 1.54) is 16.8 Å². The zero-order valence-electron chi connectivity index (χ0n) is 17.1. The third-order valence-corrected chi connectivity index (χ3v) is 6.03. The van der Waals surface area contributed by atoms with Gasteiger partial charge in [-0.15, -0.1) is 0 Å². The highest BCUT2D eigenvalue weighted by molar-refractivity contribution is 5.53. The molecule has 0 saturated carbocycles. The smallest absolute Gasteiger partial charge is 0.232 e. The maximum atomic E-state index is 5.76. The van der Waals surface area contributed by atoms with Crippen LogP contribution in [0.15, 0.2) is 65.6 Å².